The number of nitrogens with zero attached hydrogens (tertiary/aromatic N) is 1. The molecule has 1 aromatic heterocycles. The number of sulfonamides is 1. The molecule has 2 aromatic rings. The van der Waals surface area contributed by atoms with Gasteiger partial charge in [0.05, 0.1) is 5.75 Å². The van der Waals surface area contributed by atoms with Crippen molar-refractivity contribution in [2.24, 2.45) is 0 Å². The van der Waals surface area contributed by atoms with E-state index in [9.17, 15) is 22.8 Å². The van der Waals surface area contributed by atoms with Gasteiger partial charge in [-0.2, -0.15) is 0 Å². The third kappa shape index (κ3) is 4.67. The van der Waals surface area contributed by atoms with Crippen LogP contribution in [-0.2, 0) is 14.8 Å². The summed E-state index contributed by atoms with van der Waals surface area (Å²) in [6, 6.07) is 9.11. The summed E-state index contributed by atoms with van der Waals surface area (Å²) in [5.74, 6) is -0.508. The minimum Gasteiger partial charge on any atom is -0.350 e. The van der Waals surface area contributed by atoms with Crippen molar-refractivity contribution in [3.8, 4) is 0 Å². The second-order valence-electron chi connectivity index (χ2n) is 5.47. The van der Waals surface area contributed by atoms with Crippen molar-refractivity contribution in [1.29, 1.82) is 0 Å². The molecule has 1 aromatic carbocycles. The van der Waals surface area contributed by atoms with Crippen LogP contribution in [0.4, 0.5) is 10.5 Å². The molecular formula is C16H15N3O5S3. The normalized spacial score (nSPS) is 14.4. The summed E-state index contributed by atoms with van der Waals surface area (Å²) in [5, 5.41) is 3.99. The van der Waals surface area contributed by atoms with Gasteiger partial charge in [-0.05, 0) is 35.7 Å². The highest BCUT2D eigenvalue weighted by Gasteiger charge is 2.29. The predicted molar refractivity (Wildman–Crippen MR) is 103 cm³/mol. The Balaban J connectivity index is 1.54. The first kappa shape index (κ1) is 19.4. The van der Waals surface area contributed by atoms with Crippen LogP contribution in [0.15, 0.2) is 46.0 Å². The Morgan fingerprint density at radius 2 is 1.89 bits per heavy atom. The summed E-state index contributed by atoms with van der Waals surface area (Å²) in [4.78, 5) is 36.2. The predicted octanol–water partition coefficient (Wildman–Crippen LogP) is 1.97. The van der Waals surface area contributed by atoms with E-state index in [1.165, 1.54) is 30.3 Å². The number of thiophene rings is 1. The average molecular weight is 426 g/mol. The Hall–Kier alpha value is -2.37. The van der Waals surface area contributed by atoms with Crippen molar-refractivity contribution in [2.75, 3.05) is 23.6 Å². The molecule has 2 heterocycles. The maximum absolute atomic E-state index is 12.2. The number of benzene rings is 1. The molecule has 3 rings (SSSR count). The van der Waals surface area contributed by atoms with Crippen LogP contribution in [0.3, 0.4) is 0 Å². The second kappa shape index (κ2) is 8.11. The quantitative estimate of drug-likeness (QED) is 0.701. The number of carbonyl (C=O) groups excluding carboxylic acids is 3. The number of thioether (sulfide) groups is 1. The lowest BCUT2D eigenvalue weighted by Gasteiger charge is -2.13. The number of nitrogens with one attached hydrogen (secondary N) is 2. The molecule has 0 aliphatic carbocycles. The molecule has 0 radical (unpaired) electrons. The van der Waals surface area contributed by atoms with Gasteiger partial charge in [0.2, 0.25) is 5.91 Å². The smallest absolute Gasteiger partial charge is 0.288 e. The SMILES string of the molecule is O=C(NCCN1C(=O)CSC1=O)c1ccc(NS(=O)(=O)c2cccs2)cc1. The van der Waals surface area contributed by atoms with E-state index < -0.39 is 10.0 Å². The van der Waals surface area contributed by atoms with E-state index in [2.05, 4.69) is 10.0 Å². The fourth-order valence-corrected chi connectivity index (χ4v) is 5.10. The molecule has 1 aliphatic rings. The number of hydrogen-bond donors (Lipinski definition) is 2. The Kier molecular flexibility index (Phi) is 5.82. The summed E-state index contributed by atoms with van der Waals surface area (Å²) in [5.41, 5.74) is 0.674. The Morgan fingerprint density at radius 1 is 1.15 bits per heavy atom. The molecule has 1 aliphatic heterocycles. The van der Waals surface area contributed by atoms with Crippen LogP contribution in [0.5, 0.6) is 0 Å². The van der Waals surface area contributed by atoms with E-state index in [4.69, 9.17) is 0 Å². The minimum absolute atomic E-state index is 0.120. The molecule has 0 saturated carbocycles. The van der Waals surface area contributed by atoms with E-state index >= 15 is 0 Å². The Morgan fingerprint density at radius 3 is 2.48 bits per heavy atom. The van der Waals surface area contributed by atoms with Crippen molar-refractivity contribution in [2.45, 2.75) is 4.21 Å². The summed E-state index contributed by atoms with van der Waals surface area (Å²) in [6.07, 6.45) is 0. The molecule has 3 amide bonds. The largest absolute Gasteiger partial charge is 0.350 e. The number of rotatable bonds is 7. The highest BCUT2D eigenvalue weighted by molar-refractivity contribution is 8.14. The molecule has 0 unspecified atom stereocenters. The standard InChI is InChI=1S/C16H15N3O5S3/c20-13-10-26-16(22)19(13)8-7-17-15(21)11-3-5-12(6-4-11)18-27(23,24)14-2-1-9-25-14/h1-6,9,18H,7-8,10H2,(H,17,21). The number of amides is 3. The number of carbonyl (C=O) groups is 3. The fourth-order valence-electron chi connectivity index (χ4n) is 2.29. The van der Waals surface area contributed by atoms with E-state index in [0.717, 1.165) is 28.0 Å². The zero-order valence-electron chi connectivity index (χ0n) is 13.9. The van der Waals surface area contributed by atoms with Crippen molar-refractivity contribution < 1.29 is 22.8 Å². The first-order valence-electron chi connectivity index (χ1n) is 7.78. The average Bonchev–Trinajstić information content (AvgIpc) is 3.28. The number of hydrogen-bond acceptors (Lipinski definition) is 7. The van der Waals surface area contributed by atoms with Gasteiger partial charge in [0.1, 0.15) is 4.21 Å². The minimum atomic E-state index is -3.64. The van der Waals surface area contributed by atoms with E-state index in [1.807, 2.05) is 0 Å². The first-order chi connectivity index (χ1) is 12.9. The highest BCUT2D eigenvalue weighted by atomic mass is 32.2. The lowest BCUT2D eigenvalue weighted by Crippen LogP contribution is -2.37. The molecule has 1 fully saturated rings. The third-order valence-corrected chi connectivity index (χ3v) is 7.26. The lowest BCUT2D eigenvalue weighted by molar-refractivity contribution is -0.124. The fraction of sp³-hybridized carbons (Fsp3) is 0.188. The number of anilines is 1. The molecule has 142 valence electrons. The van der Waals surface area contributed by atoms with Gasteiger partial charge in [0.15, 0.2) is 0 Å². The second-order valence-corrected chi connectivity index (χ2v) is 9.25. The molecule has 0 spiro atoms. The van der Waals surface area contributed by atoms with Crippen molar-refractivity contribution in [3.05, 3.63) is 47.3 Å². The van der Waals surface area contributed by atoms with E-state index in [1.54, 1.807) is 11.4 Å². The molecule has 0 atom stereocenters. The lowest BCUT2D eigenvalue weighted by atomic mass is 10.2. The molecule has 8 nitrogen and oxygen atoms in total. The molecule has 2 N–H and O–H groups in total. The summed E-state index contributed by atoms with van der Waals surface area (Å²) in [6.45, 7) is 0.263. The number of imide groups is 1. The molecule has 27 heavy (non-hydrogen) atoms. The van der Waals surface area contributed by atoms with Crippen LogP contribution in [-0.4, -0.2) is 49.2 Å². The first-order valence-corrected chi connectivity index (χ1v) is 11.1. The maximum Gasteiger partial charge on any atom is 0.288 e. The van der Waals surface area contributed by atoms with E-state index in [-0.39, 0.29) is 40.1 Å². The topological polar surface area (TPSA) is 113 Å². The van der Waals surface area contributed by atoms with Gasteiger partial charge in [-0.25, -0.2) is 8.42 Å². The van der Waals surface area contributed by atoms with Gasteiger partial charge < -0.3 is 5.32 Å². The molecule has 1 saturated heterocycles. The summed E-state index contributed by atoms with van der Waals surface area (Å²) in [7, 11) is -3.64. The van der Waals surface area contributed by atoms with Crippen LogP contribution < -0.4 is 10.0 Å². The van der Waals surface area contributed by atoms with Gasteiger partial charge in [-0.1, -0.05) is 17.8 Å². The molecule has 11 heteroatoms. The van der Waals surface area contributed by atoms with Crippen LogP contribution in [0.1, 0.15) is 10.4 Å². The molecule has 0 bridgehead atoms. The van der Waals surface area contributed by atoms with E-state index in [0.29, 0.717) is 11.3 Å². The molecular weight excluding hydrogens is 410 g/mol. The van der Waals surface area contributed by atoms with Crippen LogP contribution in [0.25, 0.3) is 0 Å². The Bertz CT molecular complexity index is 940. The van der Waals surface area contributed by atoms with Crippen LogP contribution in [0, 0.1) is 0 Å². The summed E-state index contributed by atoms with van der Waals surface area (Å²) < 4.78 is 27.0. The van der Waals surface area contributed by atoms with Crippen molar-refractivity contribution >= 4 is 55.9 Å². The third-order valence-electron chi connectivity index (χ3n) is 3.62. The monoisotopic (exact) mass is 425 g/mol. The van der Waals surface area contributed by atoms with Gasteiger partial charge in [0, 0.05) is 24.3 Å². The van der Waals surface area contributed by atoms with Crippen LogP contribution >= 0.6 is 23.1 Å². The van der Waals surface area contributed by atoms with Gasteiger partial charge in [0.25, 0.3) is 21.2 Å². The zero-order valence-corrected chi connectivity index (χ0v) is 16.3. The maximum atomic E-state index is 12.2. The van der Waals surface area contributed by atoms with Crippen molar-refractivity contribution in [3.63, 3.8) is 0 Å². The summed E-state index contributed by atoms with van der Waals surface area (Å²) >= 11 is 2.05. The van der Waals surface area contributed by atoms with Crippen LogP contribution in [0.2, 0.25) is 0 Å². The van der Waals surface area contributed by atoms with Gasteiger partial charge in [-0.3, -0.25) is 24.0 Å². The van der Waals surface area contributed by atoms with Crippen molar-refractivity contribution in [1.82, 2.24) is 10.2 Å². The Labute approximate surface area is 164 Å². The highest BCUT2D eigenvalue weighted by Crippen LogP contribution is 2.20. The van der Waals surface area contributed by atoms with Gasteiger partial charge >= 0.3 is 0 Å². The van der Waals surface area contributed by atoms with Gasteiger partial charge in [-0.15, -0.1) is 11.3 Å². The zero-order chi connectivity index (χ0) is 19.4.